The minimum absolute atomic E-state index is 0.0362. The molecular weight excluding hydrogens is 316 g/mol. The number of rotatable bonds is 3. The van der Waals surface area contributed by atoms with E-state index in [0.717, 1.165) is 0 Å². The van der Waals surface area contributed by atoms with Crippen molar-refractivity contribution in [2.75, 3.05) is 38.1 Å². The highest BCUT2D eigenvalue weighted by Crippen LogP contribution is 2.41. The molecule has 4 rings (SSSR count). The van der Waals surface area contributed by atoms with Gasteiger partial charge in [-0.15, -0.1) is 0 Å². The molecule has 2 aliphatic heterocycles. The average Bonchev–Trinajstić information content (AvgIpc) is 2.60. The third-order valence-corrected chi connectivity index (χ3v) is 6.63. The Morgan fingerprint density at radius 3 is 2.00 bits per heavy atom. The van der Waals surface area contributed by atoms with Crippen LogP contribution < -0.4 is 4.90 Å². The van der Waals surface area contributed by atoms with Gasteiger partial charge in [-0.25, -0.2) is 0 Å². The maximum absolute atomic E-state index is 2.56. The largest absolute Gasteiger partial charge is 0.370 e. The van der Waals surface area contributed by atoms with E-state index in [9.17, 15) is 0 Å². The van der Waals surface area contributed by atoms with Gasteiger partial charge in [-0.05, 0) is 56.6 Å². The van der Waals surface area contributed by atoms with E-state index in [1.54, 1.807) is 0 Å². The van der Waals surface area contributed by atoms with Gasteiger partial charge in [-0.2, -0.15) is 0 Å². The molecule has 0 bridgehead atoms. The van der Waals surface area contributed by atoms with Crippen LogP contribution >= 0.6 is 0 Å². The Balaban J connectivity index is 1.47. The fourth-order valence-electron chi connectivity index (χ4n) is 4.88. The molecule has 2 aliphatic rings. The molecule has 0 radical (unpaired) electrons. The van der Waals surface area contributed by atoms with Gasteiger partial charge in [-0.1, -0.05) is 55.8 Å². The molecule has 2 saturated heterocycles. The van der Waals surface area contributed by atoms with Gasteiger partial charge in [-0.3, -0.25) is 0 Å². The molecule has 1 spiro atoms. The second-order valence-electron chi connectivity index (χ2n) is 9.24. The monoisotopic (exact) mass is 348 g/mol. The Bertz CT molecular complexity index is 752. The molecule has 0 aliphatic carbocycles. The number of benzene rings is 2. The SMILES string of the molecule is Cc1ccc(C(C)(C)c2ccc(N3CC4(CCCN(C)C4)C3)cc2)cc1. The van der Waals surface area contributed by atoms with Crippen molar-refractivity contribution in [3.05, 3.63) is 65.2 Å². The van der Waals surface area contributed by atoms with E-state index < -0.39 is 0 Å². The zero-order chi connectivity index (χ0) is 18.4. The number of nitrogens with zero attached hydrogens (tertiary/aromatic N) is 2. The number of aryl methyl sites for hydroxylation is 1. The van der Waals surface area contributed by atoms with Gasteiger partial charge in [0.15, 0.2) is 0 Å². The number of anilines is 1. The Morgan fingerprint density at radius 2 is 1.42 bits per heavy atom. The van der Waals surface area contributed by atoms with Crippen LogP contribution in [0.2, 0.25) is 0 Å². The normalized spacial score (nSPS) is 20.2. The zero-order valence-corrected chi connectivity index (χ0v) is 16.8. The van der Waals surface area contributed by atoms with Crippen LogP contribution in [0.1, 0.15) is 43.4 Å². The topological polar surface area (TPSA) is 6.48 Å². The molecule has 2 fully saturated rings. The highest BCUT2D eigenvalue weighted by molar-refractivity contribution is 5.53. The maximum atomic E-state index is 2.56. The fourth-order valence-corrected chi connectivity index (χ4v) is 4.88. The van der Waals surface area contributed by atoms with Crippen molar-refractivity contribution < 1.29 is 0 Å². The molecule has 2 heteroatoms. The summed E-state index contributed by atoms with van der Waals surface area (Å²) in [4.78, 5) is 5.07. The molecule has 138 valence electrons. The fraction of sp³-hybridized carbons (Fsp3) is 0.500. The van der Waals surface area contributed by atoms with Crippen LogP contribution in [-0.4, -0.2) is 38.1 Å². The van der Waals surface area contributed by atoms with Crippen LogP contribution in [0.4, 0.5) is 5.69 Å². The molecule has 0 unspecified atom stereocenters. The lowest BCUT2D eigenvalue weighted by molar-refractivity contribution is 0.0784. The van der Waals surface area contributed by atoms with Gasteiger partial charge in [0.25, 0.3) is 0 Å². The standard InChI is InChI=1S/C24H32N2/c1-19-6-8-20(9-7-19)23(2,3)21-10-12-22(13-11-21)26-17-24(18-26)14-5-15-25(4)16-24/h6-13H,5,14-18H2,1-4H3. The summed E-state index contributed by atoms with van der Waals surface area (Å²) in [6.07, 6.45) is 2.75. The van der Waals surface area contributed by atoms with Gasteiger partial charge >= 0.3 is 0 Å². The maximum Gasteiger partial charge on any atom is 0.0366 e. The van der Waals surface area contributed by atoms with Crippen LogP contribution in [0.5, 0.6) is 0 Å². The van der Waals surface area contributed by atoms with Crippen LogP contribution in [0.15, 0.2) is 48.5 Å². The van der Waals surface area contributed by atoms with Crippen molar-refractivity contribution in [3.63, 3.8) is 0 Å². The lowest BCUT2D eigenvalue weighted by atomic mass is 9.73. The zero-order valence-electron chi connectivity index (χ0n) is 16.8. The number of likely N-dealkylation sites (tertiary alicyclic amines) is 1. The first-order chi connectivity index (χ1) is 12.4. The van der Waals surface area contributed by atoms with Crippen molar-refractivity contribution in [2.24, 2.45) is 5.41 Å². The predicted octanol–water partition coefficient (Wildman–Crippen LogP) is 4.85. The van der Waals surface area contributed by atoms with E-state index in [4.69, 9.17) is 0 Å². The third kappa shape index (κ3) is 3.16. The molecule has 0 saturated carbocycles. The van der Waals surface area contributed by atoms with Crippen molar-refractivity contribution in [1.29, 1.82) is 0 Å². The number of piperidine rings is 1. The second kappa shape index (κ2) is 6.42. The summed E-state index contributed by atoms with van der Waals surface area (Å²) < 4.78 is 0. The first-order valence-corrected chi connectivity index (χ1v) is 9.99. The van der Waals surface area contributed by atoms with Crippen LogP contribution in [0, 0.1) is 12.3 Å². The summed E-state index contributed by atoms with van der Waals surface area (Å²) in [7, 11) is 2.27. The second-order valence-corrected chi connectivity index (χ2v) is 9.24. The predicted molar refractivity (Wildman–Crippen MR) is 111 cm³/mol. The molecule has 2 heterocycles. The van der Waals surface area contributed by atoms with Crippen molar-refractivity contribution >= 4 is 5.69 Å². The van der Waals surface area contributed by atoms with Crippen molar-refractivity contribution in [3.8, 4) is 0 Å². The molecule has 2 aromatic rings. The summed E-state index contributed by atoms with van der Waals surface area (Å²) in [6, 6.07) is 18.3. The van der Waals surface area contributed by atoms with Gasteiger partial charge in [0.1, 0.15) is 0 Å². The van der Waals surface area contributed by atoms with Crippen LogP contribution in [-0.2, 0) is 5.41 Å². The molecule has 0 atom stereocenters. The summed E-state index contributed by atoms with van der Waals surface area (Å²) in [5, 5.41) is 0. The molecule has 2 nitrogen and oxygen atoms in total. The third-order valence-electron chi connectivity index (χ3n) is 6.63. The summed E-state index contributed by atoms with van der Waals surface area (Å²) >= 11 is 0. The van der Waals surface area contributed by atoms with Crippen molar-refractivity contribution in [2.45, 2.75) is 39.0 Å². The Labute approximate surface area is 158 Å². The smallest absolute Gasteiger partial charge is 0.0366 e. The summed E-state index contributed by atoms with van der Waals surface area (Å²) in [6.45, 7) is 11.8. The van der Waals surface area contributed by atoms with E-state index in [0.29, 0.717) is 5.41 Å². The molecular formula is C24H32N2. The van der Waals surface area contributed by atoms with Gasteiger partial charge in [0, 0.05) is 36.2 Å². The molecule has 0 N–H and O–H groups in total. The van der Waals surface area contributed by atoms with E-state index in [1.165, 1.54) is 61.4 Å². The van der Waals surface area contributed by atoms with Gasteiger partial charge < -0.3 is 9.80 Å². The highest BCUT2D eigenvalue weighted by atomic mass is 15.2. The van der Waals surface area contributed by atoms with E-state index in [2.05, 4.69) is 86.1 Å². The van der Waals surface area contributed by atoms with Gasteiger partial charge in [0.2, 0.25) is 0 Å². The van der Waals surface area contributed by atoms with Crippen LogP contribution in [0.25, 0.3) is 0 Å². The molecule has 2 aromatic carbocycles. The Kier molecular flexibility index (Phi) is 4.35. The van der Waals surface area contributed by atoms with E-state index >= 15 is 0 Å². The summed E-state index contributed by atoms with van der Waals surface area (Å²) in [5.74, 6) is 0. The Morgan fingerprint density at radius 1 is 0.846 bits per heavy atom. The number of hydrogen-bond acceptors (Lipinski definition) is 2. The average molecular weight is 349 g/mol. The lowest BCUT2D eigenvalue weighted by Crippen LogP contribution is -2.62. The molecule has 0 amide bonds. The van der Waals surface area contributed by atoms with E-state index in [1.807, 2.05) is 0 Å². The minimum atomic E-state index is 0.0362. The summed E-state index contributed by atoms with van der Waals surface area (Å²) in [5.41, 5.74) is 6.05. The first kappa shape index (κ1) is 17.6. The van der Waals surface area contributed by atoms with Crippen molar-refractivity contribution in [1.82, 2.24) is 4.90 Å². The van der Waals surface area contributed by atoms with Gasteiger partial charge in [0.05, 0.1) is 0 Å². The lowest BCUT2D eigenvalue weighted by Gasteiger charge is -2.55. The Hall–Kier alpha value is -1.80. The van der Waals surface area contributed by atoms with E-state index in [-0.39, 0.29) is 5.41 Å². The first-order valence-electron chi connectivity index (χ1n) is 9.99. The highest BCUT2D eigenvalue weighted by Gasteiger charge is 2.44. The number of hydrogen-bond donors (Lipinski definition) is 0. The quantitative estimate of drug-likeness (QED) is 0.782. The molecule has 26 heavy (non-hydrogen) atoms. The minimum Gasteiger partial charge on any atom is -0.370 e. The van der Waals surface area contributed by atoms with Crippen LogP contribution in [0.3, 0.4) is 0 Å². The molecule has 0 aromatic heterocycles.